The van der Waals surface area contributed by atoms with Crippen LogP contribution in [0.4, 0.5) is 0 Å². The molecule has 24 heavy (non-hydrogen) atoms. The molecule has 0 unspecified atom stereocenters. The number of likely N-dealkylation sites (tertiary alicyclic amines) is 1. The Balaban J connectivity index is 1.53. The van der Waals surface area contributed by atoms with Gasteiger partial charge in [0.05, 0.1) is 5.54 Å². The van der Waals surface area contributed by atoms with Crippen LogP contribution in [0.1, 0.15) is 36.0 Å². The van der Waals surface area contributed by atoms with Crippen molar-refractivity contribution in [1.29, 1.82) is 0 Å². The molecule has 2 aromatic carbocycles. The minimum Gasteiger partial charge on any atom is -0.340 e. The van der Waals surface area contributed by atoms with Crippen LogP contribution in [0, 0.1) is 5.92 Å². The Hall–Kier alpha value is -2.20. The van der Waals surface area contributed by atoms with E-state index in [4.69, 9.17) is 5.73 Å². The number of piperidine rings is 1. The van der Waals surface area contributed by atoms with Gasteiger partial charge < -0.3 is 10.6 Å². The fraction of sp³-hybridized carbons (Fsp3) is 0.400. The molecule has 1 aliphatic carbocycles. The third-order valence-corrected chi connectivity index (χ3v) is 5.33. The van der Waals surface area contributed by atoms with Crippen molar-refractivity contribution in [2.24, 2.45) is 11.7 Å². The summed E-state index contributed by atoms with van der Waals surface area (Å²) in [6.45, 7) is 1.22. The van der Waals surface area contributed by atoms with Gasteiger partial charge in [0.15, 0.2) is 5.78 Å². The van der Waals surface area contributed by atoms with Gasteiger partial charge in [-0.15, -0.1) is 0 Å². The molecule has 1 heterocycles. The van der Waals surface area contributed by atoms with Gasteiger partial charge in [0, 0.05) is 24.6 Å². The normalized spacial score (nSPS) is 22.4. The first-order valence-electron chi connectivity index (χ1n) is 8.68. The molecular weight excluding hydrogens is 300 g/mol. The molecule has 1 amide bonds. The number of fused-ring (bicyclic) bond motifs is 1. The van der Waals surface area contributed by atoms with Gasteiger partial charge in [-0.05, 0) is 42.5 Å². The molecule has 4 heteroatoms. The van der Waals surface area contributed by atoms with Crippen LogP contribution in [-0.2, 0) is 4.79 Å². The summed E-state index contributed by atoms with van der Waals surface area (Å²) >= 11 is 0. The largest absolute Gasteiger partial charge is 0.340 e. The molecule has 4 rings (SSSR count). The summed E-state index contributed by atoms with van der Waals surface area (Å²) in [7, 11) is 0. The number of benzene rings is 2. The van der Waals surface area contributed by atoms with Gasteiger partial charge in [-0.3, -0.25) is 9.59 Å². The maximum absolute atomic E-state index is 12.9. The number of Topliss-reactive ketones (excluding diaryl/α,β-unsaturated/α-hetero) is 1. The summed E-state index contributed by atoms with van der Waals surface area (Å²) in [6.07, 6.45) is 3.25. The van der Waals surface area contributed by atoms with Gasteiger partial charge in [0.1, 0.15) is 0 Å². The number of nitrogens with zero attached hydrogens (tertiary/aromatic N) is 1. The molecule has 1 saturated heterocycles. The molecule has 1 aliphatic heterocycles. The SMILES string of the molecule is NC1(C(=O)N2CCC[C@H](C(=O)c3ccc4ccccc4c3)C2)CC1. The van der Waals surface area contributed by atoms with Crippen molar-refractivity contribution in [3.05, 3.63) is 48.0 Å². The van der Waals surface area contributed by atoms with Crippen LogP contribution in [0.5, 0.6) is 0 Å². The Bertz CT molecular complexity index is 810. The summed E-state index contributed by atoms with van der Waals surface area (Å²) in [5, 5.41) is 2.21. The van der Waals surface area contributed by atoms with Gasteiger partial charge in [-0.25, -0.2) is 0 Å². The second-order valence-corrected chi connectivity index (χ2v) is 7.17. The van der Waals surface area contributed by atoms with Crippen LogP contribution in [0.15, 0.2) is 42.5 Å². The number of amides is 1. The van der Waals surface area contributed by atoms with Gasteiger partial charge in [-0.1, -0.05) is 36.4 Å². The third kappa shape index (κ3) is 2.71. The van der Waals surface area contributed by atoms with E-state index in [9.17, 15) is 9.59 Å². The average molecular weight is 322 g/mol. The highest BCUT2D eigenvalue weighted by atomic mass is 16.2. The van der Waals surface area contributed by atoms with Crippen molar-refractivity contribution in [2.75, 3.05) is 13.1 Å². The van der Waals surface area contributed by atoms with Crippen LogP contribution >= 0.6 is 0 Å². The molecule has 0 spiro atoms. The zero-order valence-corrected chi connectivity index (χ0v) is 13.7. The van der Waals surface area contributed by atoms with Crippen molar-refractivity contribution >= 4 is 22.5 Å². The Morgan fingerprint density at radius 3 is 2.58 bits per heavy atom. The van der Waals surface area contributed by atoms with Crippen LogP contribution in [0.2, 0.25) is 0 Å². The molecular formula is C20H22N2O2. The molecule has 2 fully saturated rings. The first-order valence-corrected chi connectivity index (χ1v) is 8.68. The lowest BCUT2D eigenvalue weighted by Gasteiger charge is -2.33. The number of nitrogens with two attached hydrogens (primary N) is 1. The predicted octanol–water partition coefficient (Wildman–Crippen LogP) is 2.75. The number of hydrogen-bond acceptors (Lipinski definition) is 3. The van der Waals surface area contributed by atoms with E-state index in [1.165, 1.54) is 0 Å². The van der Waals surface area contributed by atoms with E-state index in [-0.39, 0.29) is 17.6 Å². The fourth-order valence-electron chi connectivity index (χ4n) is 3.62. The van der Waals surface area contributed by atoms with Crippen LogP contribution in [0.3, 0.4) is 0 Å². The zero-order valence-electron chi connectivity index (χ0n) is 13.7. The number of carbonyl (C=O) groups excluding carboxylic acids is 2. The first kappa shape index (κ1) is 15.3. The van der Waals surface area contributed by atoms with E-state index in [0.717, 1.165) is 48.6 Å². The highest BCUT2D eigenvalue weighted by Crippen LogP contribution is 2.35. The molecule has 0 bridgehead atoms. The third-order valence-electron chi connectivity index (χ3n) is 5.33. The summed E-state index contributed by atoms with van der Waals surface area (Å²) < 4.78 is 0. The molecule has 1 saturated carbocycles. The Morgan fingerprint density at radius 2 is 1.83 bits per heavy atom. The Kier molecular flexibility index (Phi) is 3.65. The summed E-state index contributed by atoms with van der Waals surface area (Å²) in [5.41, 5.74) is 6.13. The van der Waals surface area contributed by atoms with E-state index in [1.54, 1.807) is 4.90 Å². The van der Waals surface area contributed by atoms with E-state index in [2.05, 4.69) is 0 Å². The monoisotopic (exact) mass is 322 g/mol. The van der Waals surface area contributed by atoms with E-state index >= 15 is 0 Å². The molecule has 0 radical (unpaired) electrons. The van der Waals surface area contributed by atoms with E-state index < -0.39 is 5.54 Å². The van der Waals surface area contributed by atoms with Gasteiger partial charge in [-0.2, -0.15) is 0 Å². The maximum atomic E-state index is 12.9. The first-order chi connectivity index (χ1) is 11.6. The predicted molar refractivity (Wildman–Crippen MR) is 93.7 cm³/mol. The summed E-state index contributed by atoms with van der Waals surface area (Å²) in [6, 6.07) is 13.9. The zero-order chi connectivity index (χ0) is 16.7. The fourth-order valence-corrected chi connectivity index (χ4v) is 3.62. The standard InChI is InChI=1S/C20H22N2O2/c21-20(9-10-20)19(24)22-11-3-6-17(13-22)18(23)16-8-7-14-4-1-2-5-15(14)12-16/h1-2,4-5,7-8,12,17H,3,6,9-11,13,21H2/t17-/m0/s1. The highest BCUT2D eigenvalue weighted by Gasteiger charge is 2.49. The Labute approximate surface area is 141 Å². The second kappa shape index (κ2) is 5.71. The summed E-state index contributed by atoms with van der Waals surface area (Å²) in [5.74, 6) is 0.0462. The van der Waals surface area contributed by atoms with Gasteiger partial charge in [0.25, 0.3) is 0 Å². The molecule has 2 aliphatic rings. The smallest absolute Gasteiger partial charge is 0.242 e. The maximum Gasteiger partial charge on any atom is 0.242 e. The van der Waals surface area contributed by atoms with Crippen LogP contribution < -0.4 is 5.73 Å². The molecule has 2 aromatic rings. The number of ketones is 1. The van der Waals surface area contributed by atoms with Crippen molar-refractivity contribution < 1.29 is 9.59 Å². The molecule has 4 nitrogen and oxygen atoms in total. The van der Waals surface area contributed by atoms with Gasteiger partial charge in [0.2, 0.25) is 5.91 Å². The molecule has 1 atom stereocenters. The highest BCUT2D eigenvalue weighted by molar-refractivity contribution is 6.01. The van der Waals surface area contributed by atoms with Crippen LogP contribution in [0.25, 0.3) is 10.8 Å². The number of hydrogen-bond donors (Lipinski definition) is 1. The van der Waals surface area contributed by atoms with Crippen molar-refractivity contribution in [2.45, 2.75) is 31.2 Å². The van der Waals surface area contributed by atoms with E-state index in [1.807, 2.05) is 42.5 Å². The quantitative estimate of drug-likeness (QED) is 0.884. The summed E-state index contributed by atoms with van der Waals surface area (Å²) in [4.78, 5) is 27.2. The minimum atomic E-state index is -0.645. The van der Waals surface area contributed by atoms with Crippen molar-refractivity contribution in [3.63, 3.8) is 0 Å². The molecule has 2 N–H and O–H groups in total. The lowest BCUT2D eigenvalue weighted by atomic mass is 9.89. The lowest BCUT2D eigenvalue weighted by molar-refractivity contribution is -0.135. The Morgan fingerprint density at radius 1 is 1.08 bits per heavy atom. The molecule has 0 aromatic heterocycles. The number of rotatable bonds is 3. The minimum absolute atomic E-state index is 0.0264. The van der Waals surface area contributed by atoms with Crippen molar-refractivity contribution in [3.8, 4) is 0 Å². The van der Waals surface area contributed by atoms with Crippen LogP contribution in [-0.4, -0.2) is 35.2 Å². The number of carbonyl (C=O) groups is 2. The van der Waals surface area contributed by atoms with Gasteiger partial charge >= 0.3 is 0 Å². The second-order valence-electron chi connectivity index (χ2n) is 7.17. The topological polar surface area (TPSA) is 63.4 Å². The lowest BCUT2D eigenvalue weighted by Crippen LogP contribution is -2.50. The average Bonchev–Trinajstić information content (AvgIpc) is 3.39. The van der Waals surface area contributed by atoms with Crippen molar-refractivity contribution in [1.82, 2.24) is 4.90 Å². The molecule has 124 valence electrons. The van der Waals surface area contributed by atoms with E-state index in [0.29, 0.717) is 6.54 Å².